The standard InChI is InChI=1S/C21H17BrN2O7S/c1-2-29-16-5-11(13(22)8-14(16)25)6-18-20(27)24(21(28)32-18)9-19(26)23-12-3-4-15-17(7-12)31-10-30-15/h3-8,25H,2,9-10H2,1H3,(H,23,26)/b18-6-. The van der Waals surface area contributed by atoms with Crippen LogP contribution in [0.2, 0.25) is 0 Å². The number of phenols is 1. The molecule has 1 fully saturated rings. The molecule has 0 saturated carbocycles. The molecule has 0 radical (unpaired) electrons. The van der Waals surface area contributed by atoms with Crippen LogP contribution in [0.1, 0.15) is 12.5 Å². The first kappa shape index (κ1) is 22.0. The molecule has 0 bridgehead atoms. The third kappa shape index (κ3) is 4.53. The average Bonchev–Trinajstić information content (AvgIpc) is 3.31. The Morgan fingerprint density at radius 1 is 1.28 bits per heavy atom. The van der Waals surface area contributed by atoms with Crippen LogP contribution in [0.25, 0.3) is 6.08 Å². The molecule has 2 aliphatic rings. The first-order valence-corrected chi connectivity index (χ1v) is 11.1. The van der Waals surface area contributed by atoms with Crippen molar-refractivity contribution in [3.8, 4) is 23.0 Å². The molecule has 0 aromatic heterocycles. The Kier molecular flexibility index (Phi) is 6.28. The van der Waals surface area contributed by atoms with Crippen molar-refractivity contribution in [1.29, 1.82) is 0 Å². The van der Waals surface area contributed by atoms with Crippen LogP contribution in [0.5, 0.6) is 23.0 Å². The molecule has 0 unspecified atom stereocenters. The number of halogens is 1. The molecule has 9 nitrogen and oxygen atoms in total. The smallest absolute Gasteiger partial charge is 0.294 e. The Labute approximate surface area is 195 Å². The number of ether oxygens (including phenoxy) is 3. The van der Waals surface area contributed by atoms with Gasteiger partial charge in [-0.3, -0.25) is 19.3 Å². The van der Waals surface area contributed by atoms with Gasteiger partial charge in [0, 0.05) is 16.2 Å². The fraction of sp³-hybridized carbons (Fsp3) is 0.190. The molecule has 4 rings (SSSR count). The molecular weight excluding hydrogens is 504 g/mol. The van der Waals surface area contributed by atoms with E-state index in [4.69, 9.17) is 14.2 Å². The van der Waals surface area contributed by atoms with E-state index in [9.17, 15) is 19.5 Å². The number of anilines is 1. The molecule has 0 aliphatic carbocycles. The van der Waals surface area contributed by atoms with E-state index < -0.39 is 23.6 Å². The van der Waals surface area contributed by atoms with Gasteiger partial charge < -0.3 is 24.6 Å². The molecule has 2 N–H and O–H groups in total. The molecule has 32 heavy (non-hydrogen) atoms. The van der Waals surface area contributed by atoms with Gasteiger partial charge in [0.25, 0.3) is 11.1 Å². The van der Waals surface area contributed by atoms with E-state index in [0.717, 1.165) is 16.7 Å². The molecule has 3 amide bonds. The van der Waals surface area contributed by atoms with Crippen LogP contribution in [0.15, 0.2) is 39.7 Å². The van der Waals surface area contributed by atoms with Gasteiger partial charge in [0.15, 0.2) is 23.0 Å². The van der Waals surface area contributed by atoms with Crippen molar-refractivity contribution in [1.82, 2.24) is 4.90 Å². The zero-order valence-electron chi connectivity index (χ0n) is 16.7. The Balaban J connectivity index is 1.47. The highest BCUT2D eigenvalue weighted by molar-refractivity contribution is 9.10. The SMILES string of the molecule is CCOc1cc(/C=C2\SC(=O)N(CC(=O)Nc3ccc4c(c3)OCO4)C2=O)c(Br)cc1O. The van der Waals surface area contributed by atoms with E-state index in [1.54, 1.807) is 31.2 Å². The van der Waals surface area contributed by atoms with E-state index in [1.165, 1.54) is 12.1 Å². The molecule has 0 atom stereocenters. The molecule has 11 heteroatoms. The van der Waals surface area contributed by atoms with Gasteiger partial charge in [-0.2, -0.15) is 0 Å². The molecule has 2 aromatic carbocycles. The van der Waals surface area contributed by atoms with Crippen molar-refractivity contribution in [2.45, 2.75) is 6.92 Å². The van der Waals surface area contributed by atoms with E-state index in [2.05, 4.69) is 21.2 Å². The summed E-state index contributed by atoms with van der Waals surface area (Å²) in [6, 6.07) is 7.90. The van der Waals surface area contributed by atoms with E-state index >= 15 is 0 Å². The van der Waals surface area contributed by atoms with Crippen LogP contribution >= 0.6 is 27.7 Å². The lowest BCUT2D eigenvalue weighted by molar-refractivity contribution is -0.127. The van der Waals surface area contributed by atoms with E-state index in [-0.39, 0.29) is 23.2 Å². The lowest BCUT2D eigenvalue weighted by Crippen LogP contribution is -2.36. The maximum Gasteiger partial charge on any atom is 0.294 e. The number of rotatable bonds is 6. The van der Waals surface area contributed by atoms with Crippen molar-refractivity contribution in [3.63, 3.8) is 0 Å². The topological polar surface area (TPSA) is 114 Å². The summed E-state index contributed by atoms with van der Waals surface area (Å²) in [4.78, 5) is 38.6. The fourth-order valence-corrected chi connectivity index (χ4v) is 4.31. The van der Waals surface area contributed by atoms with Gasteiger partial charge in [0.1, 0.15) is 6.54 Å². The van der Waals surface area contributed by atoms with Crippen LogP contribution in [-0.2, 0) is 9.59 Å². The average molecular weight is 521 g/mol. The second kappa shape index (κ2) is 9.13. The number of aromatic hydroxyl groups is 1. The summed E-state index contributed by atoms with van der Waals surface area (Å²) in [6.07, 6.45) is 1.51. The van der Waals surface area contributed by atoms with E-state index in [0.29, 0.717) is 33.8 Å². The van der Waals surface area contributed by atoms with Crippen LogP contribution < -0.4 is 19.5 Å². The van der Waals surface area contributed by atoms with Gasteiger partial charge in [0.2, 0.25) is 12.7 Å². The third-order valence-corrected chi connectivity index (χ3v) is 6.09. The van der Waals surface area contributed by atoms with Gasteiger partial charge >= 0.3 is 0 Å². The summed E-state index contributed by atoms with van der Waals surface area (Å²) >= 11 is 4.06. The number of carbonyl (C=O) groups excluding carboxylic acids is 3. The number of phenolic OH excluding ortho intramolecular Hbond substituents is 1. The van der Waals surface area contributed by atoms with Crippen LogP contribution in [-0.4, -0.2) is 47.0 Å². The highest BCUT2D eigenvalue weighted by atomic mass is 79.9. The minimum Gasteiger partial charge on any atom is -0.504 e. The summed E-state index contributed by atoms with van der Waals surface area (Å²) in [5.41, 5.74) is 1.000. The van der Waals surface area contributed by atoms with Gasteiger partial charge in [-0.15, -0.1) is 0 Å². The van der Waals surface area contributed by atoms with Crippen molar-refractivity contribution in [3.05, 3.63) is 45.3 Å². The monoisotopic (exact) mass is 520 g/mol. The molecule has 2 aromatic rings. The summed E-state index contributed by atoms with van der Waals surface area (Å²) in [7, 11) is 0. The Hall–Kier alpha value is -3.18. The van der Waals surface area contributed by atoms with Gasteiger partial charge in [-0.05, 0) is 54.6 Å². The second-order valence-electron chi connectivity index (χ2n) is 6.66. The molecule has 2 aliphatic heterocycles. The molecular formula is C21H17BrN2O7S. The van der Waals surface area contributed by atoms with Crippen molar-refractivity contribution in [2.24, 2.45) is 0 Å². The fourth-order valence-electron chi connectivity index (χ4n) is 3.04. The number of amides is 3. The largest absolute Gasteiger partial charge is 0.504 e. The lowest BCUT2D eigenvalue weighted by Gasteiger charge is -2.12. The first-order valence-electron chi connectivity index (χ1n) is 9.46. The Morgan fingerprint density at radius 2 is 2.06 bits per heavy atom. The molecule has 2 heterocycles. The Morgan fingerprint density at radius 3 is 2.84 bits per heavy atom. The number of fused-ring (bicyclic) bond motifs is 1. The summed E-state index contributed by atoms with van der Waals surface area (Å²) in [6.45, 7) is 1.81. The number of nitrogens with one attached hydrogen (secondary N) is 1. The zero-order chi connectivity index (χ0) is 22.8. The number of benzene rings is 2. The second-order valence-corrected chi connectivity index (χ2v) is 8.51. The van der Waals surface area contributed by atoms with Crippen LogP contribution in [0.3, 0.4) is 0 Å². The molecule has 0 spiro atoms. The van der Waals surface area contributed by atoms with Crippen molar-refractivity contribution in [2.75, 3.05) is 25.3 Å². The lowest BCUT2D eigenvalue weighted by atomic mass is 10.2. The van der Waals surface area contributed by atoms with Gasteiger partial charge in [0.05, 0.1) is 11.5 Å². The minimum absolute atomic E-state index is 0.0517. The van der Waals surface area contributed by atoms with Crippen molar-refractivity contribution < 1.29 is 33.7 Å². The van der Waals surface area contributed by atoms with Crippen LogP contribution in [0.4, 0.5) is 10.5 Å². The third-order valence-electron chi connectivity index (χ3n) is 4.50. The number of nitrogens with zero attached hydrogens (tertiary/aromatic N) is 1. The predicted molar refractivity (Wildman–Crippen MR) is 121 cm³/mol. The maximum absolute atomic E-state index is 12.8. The molecule has 166 valence electrons. The number of thioether (sulfide) groups is 1. The number of imide groups is 1. The summed E-state index contributed by atoms with van der Waals surface area (Å²) in [5.74, 6) is 0.166. The maximum atomic E-state index is 12.8. The van der Waals surface area contributed by atoms with E-state index in [1.807, 2.05) is 0 Å². The minimum atomic E-state index is -0.584. The molecule has 1 saturated heterocycles. The van der Waals surface area contributed by atoms with Gasteiger partial charge in [-0.1, -0.05) is 15.9 Å². The Bertz CT molecular complexity index is 1150. The van der Waals surface area contributed by atoms with Crippen LogP contribution in [0, 0.1) is 0 Å². The highest BCUT2D eigenvalue weighted by Gasteiger charge is 2.36. The number of carbonyl (C=O) groups is 3. The number of hydrogen-bond acceptors (Lipinski definition) is 8. The number of hydrogen-bond donors (Lipinski definition) is 2. The van der Waals surface area contributed by atoms with Crippen molar-refractivity contribution >= 4 is 56.5 Å². The highest BCUT2D eigenvalue weighted by Crippen LogP contribution is 2.38. The normalized spacial score (nSPS) is 16.1. The summed E-state index contributed by atoms with van der Waals surface area (Å²) in [5, 5.41) is 12.0. The van der Waals surface area contributed by atoms with Gasteiger partial charge in [-0.25, -0.2) is 0 Å². The quantitative estimate of drug-likeness (QED) is 0.550. The zero-order valence-corrected chi connectivity index (χ0v) is 19.1. The predicted octanol–water partition coefficient (Wildman–Crippen LogP) is 3.96. The summed E-state index contributed by atoms with van der Waals surface area (Å²) < 4.78 is 16.4. The first-order chi connectivity index (χ1) is 15.4.